The summed E-state index contributed by atoms with van der Waals surface area (Å²) in [6, 6.07) is 3.70. The fourth-order valence-electron chi connectivity index (χ4n) is 1.73. The molecule has 20 heavy (non-hydrogen) atoms. The summed E-state index contributed by atoms with van der Waals surface area (Å²) in [5, 5.41) is 5.82. The Bertz CT molecular complexity index is 581. The van der Waals surface area contributed by atoms with E-state index in [-0.39, 0.29) is 5.69 Å². The number of hydrogen-bond donors (Lipinski definition) is 2. The van der Waals surface area contributed by atoms with Gasteiger partial charge in [0, 0.05) is 12.1 Å². The van der Waals surface area contributed by atoms with Gasteiger partial charge in [-0.05, 0) is 25.5 Å². The molecule has 0 atom stereocenters. The molecule has 2 aromatic rings. The molecule has 1 aromatic carbocycles. The molecule has 0 aliphatic heterocycles. The second-order valence-electron chi connectivity index (χ2n) is 4.34. The van der Waals surface area contributed by atoms with E-state index in [1.165, 1.54) is 24.5 Å². The fourth-order valence-corrected chi connectivity index (χ4v) is 1.73. The summed E-state index contributed by atoms with van der Waals surface area (Å²) < 4.78 is 27.2. The Morgan fingerprint density at radius 1 is 1.10 bits per heavy atom. The Kier molecular flexibility index (Phi) is 4.45. The van der Waals surface area contributed by atoms with E-state index < -0.39 is 11.6 Å². The average molecular weight is 278 g/mol. The Balaban J connectivity index is 2.30. The number of anilines is 3. The molecule has 1 aromatic heterocycles. The highest BCUT2D eigenvalue weighted by atomic mass is 19.1. The lowest BCUT2D eigenvalue weighted by Gasteiger charge is -2.13. The lowest BCUT2D eigenvalue weighted by Crippen LogP contribution is -2.08. The number of rotatable bonds is 5. The second kappa shape index (κ2) is 6.27. The van der Waals surface area contributed by atoms with Gasteiger partial charge < -0.3 is 10.6 Å². The lowest BCUT2D eigenvalue weighted by atomic mass is 10.2. The molecule has 0 aliphatic carbocycles. The van der Waals surface area contributed by atoms with Crippen LogP contribution < -0.4 is 10.6 Å². The molecule has 0 aliphatic rings. The van der Waals surface area contributed by atoms with Crippen molar-refractivity contribution in [2.45, 2.75) is 20.3 Å². The third-order valence-electron chi connectivity index (χ3n) is 2.83. The average Bonchev–Trinajstić information content (AvgIpc) is 2.43. The van der Waals surface area contributed by atoms with Crippen molar-refractivity contribution in [1.29, 1.82) is 0 Å². The Labute approximate surface area is 116 Å². The van der Waals surface area contributed by atoms with E-state index in [2.05, 4.69) is 20.6 Å². The number of aromatic nitrogens is 2. The Hall–Kier alpha value is -2.24. The van der Waals surface area contributed by atoms with Gasteiger partial charge in [-0.15, -0.1) is 0 Å². The summed E-state index contributed by atoms with van der Waals surface area (Å²) in [5.74, 6) is -0.291. The van der Waals surface area contributed by atoms with Crippen molar-refractivity contribution in [3.05, 3.63) is 41.7 Å². The van der Waals surface area contributed by atoms with Gasteiger partial charge in [0.25, 0.3) is 0 Å². The van der Waals surface area contributed by atoms with E-state index >= 15 is 0 Å². The molecule has 0 fully saturated rings. The SMILES string of the molecule is CCCNc1ncnc(Nc2c(F)cccc2F)c1C. The van der Waals surface area contributed by atoms with Crippen LogP contribution >= 0.6 is 0 Å². The molecule has 0 saturated carbocycles. The predicted octanol–water partition coefficient (Wildman–Crippen LogP) is 3.63. The van der Waals surface area contributed by atoms with Crippen LogP contribution in [0.3, 0.4) is 0 Å². The minimum atomic E-state index is -0.661. The molecule has 0 bridgehead atoms. The van der Waals surface area contributed by atoms with E-state index in [9.17, 15) is 8.78 Å². The monoisotopic (exact) mass is 278 g/mol. The zero-order valence-corrected chi connectivity index (χ0v) is 11.4. The number of nitrogens with zero attached hydrogens (tertiary/aromatic N) is 2. The van der Waals surface area contributed by atoms with Gasteiger partial charge >= 0.3 is 0 Å². The standard InChI is InChI=1S/C14H16F2N4/c1-3-7-17-13-9(2)14(19-8-18-13)20-12-10(15)5-4-6-11(12)16/h4-6,8H,3,7H2,1-2H3,(H2,17,18,19,20). The van der Waals surface area contributed by atoms with Gasteiger partial charge in [0.1, 0.15) is 35.3 Å². The van der Waals surface area contributed by atoms with Crippen molar-refractivity contribution >= 4 is 17.3 Å². The minimum absolute atomic E-state index is 0.212. The summed E-state index contributed by atoms with van der Waals surface area (Å²) in [6.07, 6.45) is 2.31. The molecule has 0 unspecified atom stereocenters. The molecule has 2 N–H and O–H groups in total. The Morgan fingerprint density at radius 3 is 2.40 bits per heavy atom. The van der Waals surface area contributed by atoms with E-state index in [0.717, 1.165) is 13.0 Å². The zero-order valence-electron chi connectivity index (χ0n) is 11.4. The molecule has 6 heteroatoms. The van der Waals surface area contributed by atoms with Crippen LogP contribution in [0.4, 0.5) is 26.1 Å². The van der Waals surface area contributed by atoms with Crippen molar-refractivity contribution in [3.63, 3.8) is 0 Å². The zero-order chi connectivity index (χ0) is 14.5. The summed E-state index contributed by atoms with van der Waals surface area (Å²) >= 11 is 0. The lowest BCUT2D eigenvalue weighted by molar-refractivity contribution is 0.590. The molecule has 1 heterocycles. The second-order valence-corrected chi connectivity index (χ2v) is 4.34. The van der Waals surface area contributed by atoms with Crippen LogP contribution in [0.1, 0.15) is 18.9 Å². The van der Waals surface area contributed by atoms with Gasteiger partial charge in [-0.2, -0.15) is 0 Å². The third kappa shape index (κ3) is 3.01. The highest BCUT2D eigenvalue weighted by Crippen LogP contribution is 2.26. The number of benzene rings is 1. The van der Waals surface area contributed by atoms with E-state index in [4.69, 9.17) is 0 Å². The molecule has 0 amide bonds. The molecular weight excluding hydrogens is 262 g/mol. The smallest absolute Gasteiger partial charge is 0.149 e. The topological polar surface area (TPSA) is 49.8 Å². The van der Waals surface area contributed by atoms with Crippen LogP contribution in [0.5, 0.6) is 0 Å². The highest BCUT2D eigenvalue weighted by molar-refractivity contribution is 5.64. The summed E-state index contributed by atoms with van der Waals surface area (Å²) in [4.78, 5) is 8.14. The molecule has 0 saturated heterocycles. The van der Waals surface area contributed by atoms with E-state index in [1.54, 1.807) is 6.92 Å². The molecule has 0 radical (unpaired) electrons. The number of hydrogen-bond acceptors (Lipinski definition) is 4. The van der Waals surface area contributed by atoms with Crippen LogP contribution in [-0.4, -0.2) is 16.5 Å². The van der Waals surface area contributed by atoms with Gasteiger partial charge in [0.2, 0.25) is 0 Å². The first-order chi connectivity index (χ1) is 9.63. The Morgan fingerprint density at radius 2 is 1.75 bits per heavy atom. The summed E-state index contributed by atoms with van der Waals surface area (Å²) in [5.41, 5.74) is 0.499. The fraction of sp³-hybridized carbons (Fsp3) is 0.286. The van der Waals surface area contributed by atoms with Crippen molar-refractivity contribution in [2.24, 2.45) is 0 Å². The van der Waals surface area contributed by atoms with Gasteiger partial charge in [0.05, 0.1) is 0 Å². The molecule has 4 nitrogen and oxygen atoms in total. The van der Waals surface area contributed by atoms with Gasteiger partial charge in [0.15, 0.2) is 0 Å². The van der Waals surface area contributed by atoms with Gasteiger partial charge in [-0.25, -0.2) is 18.7 Å². The van der Waals surface area contributed by atoms with Crippen LogP contribution in [0.25, 0.3) is 0 Å². The summed E-state index contributed by atoms with van der Waals surface area (Å²) in [7, 11) is 0. The van der Waals surface area contributed by atoms with Crippen LogP contribution in [0.2, 0.25) is 0 Å². The quantitative estimate of drug-likeness (QED) is 0.877. The van der Waals surface area contributed by atoms with Crippen molar-refractivity contribution in [1.82, 2.24) is 9.97 Å². The maximum absolute atomic E-state index is 13.6. The highest BCUT2D eigenvalue weighted by Gasteiger charge is 2.12. The van der Waals surface area contributed by atoms with Crippen molar-refractivity contribution in [3.8, 4) is 0 Å². The van der Waals surface area contributed by atoms with Crippen LogP contribution in [0, 0.1) is 18.6 Å². The first kappa shape index (κ1) is 14.2. The largest absolute Gasteiger partial charge is 0.370 e. The minimum Gasteiger partial charge on any atom is -0.370 e. The van der Waals surface area contributed by atoms with E-state index in [0.29, 0.717) is 17.2 Å². The number of nitrogens with one attached hydrogen (secondary N) is 2. The maximum Gasteiger partial charge on any atom is 0.149 e. The molecule has 2 rings (SSSR count). The molecular formula is C14H16F2N4. The normalized spacial score (nSPS) is 10.4. The first-order valence-electron chi connectivity index (χ1n) is 6.40. The molecule has 106 valence electrons. The van der Waals surface area contributed by atoms with Gasteiger partial charge in [-0.1, -0.05) is 13.0 Å². The van der Waals surface area contributed by atoms with Crippen molar-refractivity contribution < 1.29 is 8.78 Å². The number of halogens is 2. The third-order valence-corrected chi connectivity index (χ3v) is 2.83. The van der Waals surface area contributed by atoms with Crippen molar-refractivity contribution in [2.75, 3.05) is 17.2 Å². The maximum atomic E-state index is 13.6. The molecule has 0 spiro atoms. The van der Waals surface area contributed by atoms with Gasteiger partial charge in [-0.3, -0.25) is 0 Å². The predicted molar refractivity (Wildman–Crippen MR) is 75.2 cm³/mol. The first-order valence-corrected chi connectivity index (χ1v) is 6.40. The van der Waals surface area contributed by atoms with Crippen LogP contribution in [-0.2, 0) is 0 Å². The van der Waals surface area contributed by atoms with E-state index in [1.807, 2.05) is 6.92 Å². The number of para-hydroxylation sites is 1. The van der Waals surface area contributed by atoms with Crippen LogP contribution in [0.15, 0.2) is 24.5 Å². The summed E-state index contributed by atoms with van der Waals surface area (Å²) in [6.45, 7) is 4.60.